The molecule has 0 amide bonds. The third kappa shape index (κ3) is 0.916. The van der Waals surface area contributed by atoms with Gasteiger partial charge in [-0.15, -0.1) is 5.10 Å². The third-order valence-corrected chi connectivity index (χ3v) is 1.71. The molecule has 0 fully saturated rings. The van der Waals surface area contributed by atoms with Crippen molar-refractivity contribution in [3.05, 3.63) is 17.2 Å². The molecular weight excluding hydrogens is 131 g/mol. The molecule has 0 spiro atoms. The van der Waals surface area contributed by atoms with Gasteiger partial charge in [-0.25, -0.2) is 0 Å². The fraction of sp³-hybridized carbons (Fsp3) is 0.571. The first-order valence-electron chi connectivity index (χ1n) is 3.34. The van der Waals surface area contributed by atoms with Crippen LogP contribution < -0.4 is 0 Å². The van der Waals surface area contributed by atoms with Gasteiger partial charge in [0.15, 0.2) is 0 Å². The Morgan fingerprint density at radius 2 is 2.20 bits per heavy atom. The molecule has 0 aliphatic rings. The lowest BCUT2D eigenvalue weighted by Gasteiger charge is -1.95. The second-order valence-electron chi connectivity index (χ2n) is 2.34. The van der Waals surface area contributed by atoms with E-state index in [0.29, 0.717) is 5.56 Å². The number of nitrogens with zero attached hydrogens (tertiary/aromatic N) is 2. The largest absolute Gasteiger partial charge is 0.269 e. The SMILES string of the molecule is CCc1c(C)c(F)nn1C. The van der Waals surface area contributed by atoms with Gasteiger partial charge in [0.05, 0.1) is 0 Å². The normalized spacial score (nSPS) is 10.4. The molecule has 3 heteroatoms. The Labute approximate surface area is 59.7 Å². The minimum atomic E-state index is -0.348. The van der Waals surface area contributed by atoms with Crippen LogP contribution in [-0.2, 0) is 13.5 Å². The van der Waals surface area contributed by atoms with Crippen molar-refractivity contribution >= 4 is 0 Å². The molecule has 0 saturated heterocycles. The monoisotopic (exact) mass is 142 g/mol. The summed E-state index contributed by atoms with van der Waals surface area (Å²) in [5, 5.41) is 3.63. The molecular formula is C7H11FN2. The van der Waals surface area contributed by atoms with Gasteiger partial charge in [-0.1, -0.05) is 6.92 Å². The zero-order chi connectivity index (χ0) is 7.72. The Bertz CT molecular complexity index is 240. The van der Waals surface area contributed by atoms with Crippen molar-refractivity contribution in [1.82, 2.24) is 9.78 Å². The first-order valence-corrected chi connectivity index (χ1v) is 3.34. The number of aromatic nitrogens is 2. The summed E-state index contributed by atoms with van der Waals surface area (Å²) in [6.45, 7) is 3.74. The molecule has 56 valence electrons. The highest BCUT2D eigenvalue weighted by atomic mass is 19.1. The van der Waals surface area contributed by atoms with Gasteiger partial charge in [-0.05, 0) is 13.3 Å². The van der Waals surface area contributed by atoms with Gasteiger partial charge in [0.2, 0.25) is 5.95 Å². The van der Waals surface area contributed by atoms with Crippen LogP contribution in [-0.4, -0.2) is 9.78 Å². The standard InChI is InChI=1S/C7H11FN2/c1-4-6-5(2)7(8)9-10(6)3/h4H2,1-3H3. The van der Waals surface area contributed by atoms with Crippen molar-refractivity contribution in [3.8, 4) is 0 Å². The Kier molecular flexibility index (Phi) is 1.74. The van der Waals surface area contributed by atoms with Gasteiger partial charge in [0.1, 0.15) is 0 Å². The Morgan fingerprint density at radius 3 is 2.40 bits per heavy atom. The maximum absolute atomic E-state index is 12.7. The minimum Gasteiger partial charge on any atom is -0.269 e. The van der Waals surface area contributed by atoms with Crippen molar-refractivity contribution in [2.45, 2.75) is 20.3 Å². The highest BCUT2D eigenvalue weighted by Gasteiger charge is 2.08. The first-order chi connectivity index (χ1) is 4.66. The van der Waals surface area contributed by atoms with Crippen LogP contribution in [0.25, 0.3) is 0 Å². The van der Waals surface area contributed by atoms with E-state index in [9.17, 15) is 4.39 Å². The van der Waals surface area contributed by atoms with Crippen molar-refractivity contribution in [3.63, 3.8) is 0 Å². The van der Waals surface area contributed by atoms with E-state index in [2.05, 4.69) is 5.10 Å². The minimum absolute atomic E-state index is 0.348. The lowest BCUT2D eigenvalue weighted by molar-refractivity contribution is 0.546. The molecule has 10 heavy (non-hydrogen) atoms. The summed E-state index contributed by atoms with van der Waals surface area (Å²) in [7, 11) is 1.76. The lowest BCUT2D eigenvalue weighted by atomic mass is 10.2. The average molecular weight is 142 g/mol. The van der Waals surface area contributed by atoms with Crippen molar-refractivity contribution < 1.29 is 4.39 Å². The van der Waals surface area contributed by atoms with Crippen LogP contribution >= 0.6 is 0 Å². The highest BCUT2D eigenvalue weighted by molar-refractivity contribution is 5.16. The summed E-state index contributed by atoms with van der Waals surface area (Å²) in [5.41, 5.74) is 1.64. The highest BCUT2D eigenvalue weighted by Crippen LogP contribution is 2.10. The second-order valence-corrected chi connectivity index (χ2v) is 2.34. The van der Waals surface area contributed by atoms with Gasteiger partial charge < -0.3 is 0 Å². The zero-order valence-electron chi connectivity index (χ0n) is 6.48. The maximum atomic E-state index is 12.7. The summed E-state index contributed by atoms with van der Waals surface area (Å²) in [6.07, 6.45) is 0.833. The summed E-state index contributed by atoms with van der Waals surface area (Å²) in [4.78, 5) is 0. The predicted molar refractivity (Wildman–Crippen MR) is 37.3 cm³/mol. The number of rotatable bonds is 1. The molecule has 1 rings (SSSR count). The third-order valence-electron chi connectivity index (χ3n) is 1.71. The van der Waals surface area contributed by atoms with Gasteiger partial charge in [-0.2, -0.15) is 4.39 Å². The number of aryl methyl sites for hydroxylation is 1. The Balaban J connectivity index is 3.20. The van der Waals surface area contributed by atoms with E-state index >= 15 is 0 Å². The molecule has 0 N–H and O–H groups in total. The van der Waals surface area contributed by atoms with Gasteiger partial charge >= 0.3 is 0 Å². The Hall–Kier alpha value is -0.860. The molecule has 0 radical (unpaired) electrons. The maximum Gasteiger partial charge on any atom is 0.235 e. The fourth-order valence-corrected chi connectivity index (χ4v) is 1.12. The van der Waals surface area contributed by atoms with Crippen LogP contribution in [0.5, 0.6) is 0 Å². The molecule has 1 aromatic rings. The van der Waals surface area contributed by atoms with E-state index in [1.165, 1.54) is 0 Å². The van der Waals surface area contributed by atoms with E-state index in [4.69, 9.17) is 0 Å². The second kappa shape index (κ2) is 2.40. The van der Waals surface area contributed by atoms with Crippen LogP contribution in [0.2, 0.25) is 0 Å². The number of halogens is 1. The summed E-state index contributed by atoms with van der Waals surface area (Å²) in [6, 6.07) is 0. The van der Waals surface area contributed by atoms with Crippen molar-refractivity contribution in [2.24, 2.45) is 7.05 Å². The zero-order valence-corrected chi connectivity index (χ0v) is 6.48. The van der Waals surface area contributed by atoms with Crippen LogP contribution in [0.4, 0.5) is 4.39 Å². The molecule has 1 heterocycles. The van der Waals surface area contributed by atoms with E-state index in [-0.39, 0.29) is 5.95 Å². The van der Waals surface area contributed by atoms with Crippen LogP contribution in [0, 0.1) is 12.9 Å². The molecule has 0 aliphatic carbocycles. The summed E-state index contributed by atoms with van der Waals surface area (Å²) < 4.78 is 14.2. The van der Waals surface area contributed by atoms with Crippen molar-refractivity contribution in [2.75, 3.05) is 0 Å². The van der Waals surface area contributed by atoms with E-state index in [1.807, 2.05) is 6.92 Å². The molecule has 2 nitrogen and oxygen atoms in total. The number of hydrogen-bond acceptors (Lipinski definition) is 1. The molecule has 1 aromatic heterocycles. The summed E-state index contributed by atoms with van der Waals surface area (Å²) in [5.74, 6) is -0.348. The van der Waals surface area contributed by atoms with Crippen molar-refractivity contribution in [1.29, 1.82) is 0 Å². The van der Waals surface area contributed by atoms with Gasteiger partial charge in [0, 0.05) is 18.3 Å². The summed E-state index contributed by atoms with van der Waals surface area (Å²) >= 11 is 0. The molecule has 0 bridgehead atoms. The first kappa shape index (κ1) is 7.25. The van der Waals surface area contributed by atoms with Crippen LogP contribution in [0.15, 0.2) is 0 Å². The smallest absolute Gasteiger partial charge is 0.235 e. The fourth-order valence-electron chi connectivity index (χ4n) is 1.12. The van der Waals surface area contributed by atoms with E-state index < -0.39 is 0 Å². The van der Waals surface area contributed by atoms with Crippen LogP contribution in [0.3, 0.4) is 0 Å². The molecule has 0 atom stereocenters. The molecule has 0 aliphatic heterocycles. The Morgan fingerprint density at radius 1 is 1.60 bits per heavy atom. The number of hydrogen-bond donors (Lipinski definition) is 0. The molecule has 0 unspecified atom stereocenters. The van der Waals surface area contributed by atoms with Gasteiger partial charge in [-0.3, -0.25) is 4.68 Å². The van der Waals surface area contributed by atoms with E-state index in [0.717, 1.165) is 12.1 Å². The van der Waals surface area contributed by atoms with Crippen LogP contribution in [0.1, 0.15) is 18.2 Å². The topological polar surface area (TPSA) is 17.8 Å². The molecule has 0 saturated carbocycles. The average Bonchev–Trinajstić information content (AvgIpc) is 2.09. The quantitative estimate of drug-likeness (QED) is 0.580. The predicted octanol–water partition coefficient (Wildman–Crippen LogP) is 1.43. The van der Waals surface area contributed by atoms with E-state index in [1.54, 1.807) is 18.7 Å². The van der Waals surface area contributed by atoms with Gasteiger partial charge in [0.25, 0.3) is 0 Å². The lowest BCUT2D eigenvalue weighted by Crippen LogP contribution is -1.96. The molecule has 0 aromatic carbocycles.